The van der Waals surface area contributed by atoms with E-state index in [0.717, 1.165) is 13.0 Å². The van der Waals surface area contributed by atoms with Crippen LogP contribution in [0.4, 0.5) is 0 Å². The van der Waals surface area contributed by atoms with Crippen LogP contribution in [0.25, 0.3) is 0 Å². The molecule has 0 saturated carbocycles. The molecular formula is C13H21NO. The Balaban J connectivity index is 2.64. The molecule has 0 aliphatic rings. The Morgan fingerprint density at radius 1 is 1.27 bits per heavy atom. The average Bonchev–Trinajstić information content (AvgIpc) is 2.23. The first kappa shape index (κ1) is 12.2. The standard InChI is InChI=1S/C13H21NO/c1-4-12(9-15)14-8-13-10(2)6-5-7-11(13)3/h5-7,12,14-15H,4,8-9H2,1-3H3/t12-/m0/s1. The maximum absolute atomic E-state index is 9.08. The van der Waals surface area contributed by atoms with Crippen LogP contribution in [0.3, 0.4) is 0 Å². The number of aryl methyl sites for hydroxylation is 2. The predicted molar refractivity (Wildman–Crippen MR) is 63.9 cm³/mol. The number of hydrogen-bond donors (Lipinski definition) is 2. The lowest BCUT2D eigenvalue weighted by atomic mass is 10.0. The normalized spacial score (nSPS) is 12.8. The molecule has 1 rings (SSSR count). The highest BCUT2D eigenvalue weighted by molar-refractivity contribution is 5.33. The third kappa shape index (κ3) is 3.33. The van der Waals surface area contributed by atoms with E-state index in [0.29, 0.717) is 0 Å². The second-order valence-electron chi connectivity index (χ2n) is 4.04. The topological polar surface area (TPSA) is 32.3 Å². The van der Waals surface area contributed by atoms with Gasteiger partial charge >= 0.3 is 0 Å². The number of aliphatic hydroxyl groups is 1. The predicted octanol–water partition coefficient (Wildman–Crippen LogP) is 2.16. The van der Waals surface area contributed by atoms with Crippen molar-refractivity contribution in [3.8, 4) is 0 Å². The minimum Gasteiger partial charge on any atom is -0.395 e. The molecule has 2 N–H and O–H groups in total. The summed E-state index contributed by atoms with van der Waals surface area (Å²) in [5, 5.41) is 12.4. The van der Waals surface area contributed by atoms with E-state index < -0.39 is 0 Å². The Morgan fingerprint density at radius 3 is 2.33 bits per heavy atom. The first-order chi connectivity index (χ1) is 7.19. The van der Waals surface area contributed by atoms with E-state index in [4.69, 9.17) is 5.11 Å². The molecule has 0 spiro atoms. The highest BCUT2D eigenvalue weighted by atomic mass is 16.3. The number of hydrogen-bond acceptors (Lipinski definition) is 2. The first-order valence-electron chi connectivity index (χ1n) is 5.58. The summed E-state index contributed by atoms with van der Waals surface area (Å²) in [6.45, 7) is 7.39. The fraction of sp³-hybridized carbons (Fsp3) is 0.538. The lowest BCUT2D eigenvalue weighted by molar-refractivity contribution is 0.238. The zero-order valence-electron chi connectivity index (χ0n) is 9.88. The maximum atomic E-state index is 9.08. The molecular weight excluding hydrogens is 186 g/mol. The second-order valence-corrected chi connectivity index (χ2v) is 4.04. The quantitative estimate of drug-likeness (QED) is 0.775. The van der Waals surface area contributed by atoms with Gasteiger partial charge in [0.25, 0.3) is 0 Å². The summed E-state index contributed by atoms with van der Waals surface area (Å²) in [5.41, 5.74) is 3.98. The van der Waals surface area contributed by atoms with Gasteiger partial charge in [0.2, 0.25) is 0 Å². The number of nitrogens with one attached hydrogen (secondary N) is 1. The summed E-state index contributed by atoms with van der Waals surface area (Å²) >= 11 is 0. The van der Waals surface area contributed by atoms with Crippen molar-refractivity contribution in [2.75, 3.05) is 6.61 Å². The van der Waals surface area contributed by atoms with Gasteiger partial charge in [0.05, 0.1) is 6.61 Å². The van der Waals surface area contributed by atoms with Crippen LogP contribution in [-0.4, -0.2) is 17.8 Å². The summed E-state index contributed by atoms with van der Waals surface area (Å²) in [7, 11) is 0. The number of aliphatic hydroxyl groups excluding tert-OH is 1. The molecule has 0 amide bonds. The van der Waals surface area contributed by atoms with E-state index in [2.05, 4.69) is 44.3 Å². The van der Waals surface area contributed by atoms with Crippen LogP contribution in [0.5, 0.6) is 0 Å². The van der Waals surface area contributed by atoms with Gasteiger partial charge in [-0.25, -0.2) is 0 Å². The zero-order valence-corrected chi connectivity index (χ0v) is 9.88. The molecule has 84 valence electrons. The molecule has 0 fully saturated rings. The van der Waals surface area contributed by atoms with Gasteiger partial charge in [-0.1, -0.05) is 25.1 Å². The van der Waals surface area contributed by atoms with Crippen molar-refractivity contribution < 1.29 is 5.11 Å². The van der Waals surface area contributed by atoms with E-state index in [1.54, 1.807) is 0 Å². The van der Waals surface area contributed by atoms with Crippen LogP contribution in [0, 0.1) is 13.8 Å². The Bertz CT molecular complexity index is 285. The van der Waals surface area contributed by atoms with Gasteiger partial charge in [-0.2, -0.15) is 0 Å². The molecule has 2 heteroatoms. The fourth-order valence-electron chi connectivity index (χ4n) is 1.71. The minimum atomic E-state index is 0.210. The highest BCUT2D eigenvalue weighted by Crippen LogP contribution is 2.13. The van der Waals surface area contributed by atoms with E-state index in [-0.39, 0.29) is 12.6 Å². The van der Waals surface area contributed by atoms with Crippen molar-refractivity contribution in [1.29, 1.82) is 0 Å². The molecule has 1 aromatic rings. The van der Waals surface area contributed by atoms with Crippen LogP contribution in [0.2, 0.25) is 0 Å². The van der Waals surface area contributed by atoms with E-state index in [9.17, 15) is 0 Å². The third-order valence-electron chi connectivity index (χ3n) is 2.93. The molecule has 0 aliphatic heterocycles. The summed E-state index contributed by atoms with van der Waals surface area (Å²) in [6, 6.07) is 6.55. The molecule has 0 heterocycles. The first-order valence-corrected chi connectivity index (χ1v) is 5.58. The van der Waals surface area contributed by atoms with E-state index >= 15 is 0 Å². The smallest absolute Gasteiger partial charge is 0.0584 e. The van der Waals surface area contributed by atoms with E-state index in [1.807, 2.05) is 0 Å². The van der Waals surface area contributed by atoms with Gasteiger partial charge in [-0.15, -0.1) is 0 Å². The summed E-state index contributed by atoms with van der Waals surface area (Å²) in [5.74, 6) is 0. The van der Waals surface area contributed by atoms with Crippen LogP contribution in [0.15, 0.2) is 18.2 Å². The van der Waals surface area contributed by atoms with Gasteiger partial charge in [-0.05, 0) is 37.0 Å². The lowest BCUT2D eigenvalue weighted by Crippen LogP contribution is -2.31. The van der Waals surface area contributed by atoms with Crippen molar-refractivity contribution in [2.45, 2.75) is 39.8 Å². The molecule has 0 aromatic heterocycles. The maximum Gasteiger partial charge on any atom is 0.0584 e. The van der Waals surface area contributed by atoms with Crippen LogP contribution in [0.1, 0.15) is 30.0 Å². The Hall–Kier alpha value is -0.860. The monoisotopic (exact) mass is 207 g/mol. The summed E-state index contributed by atoms with van der Waals surface area (Å²) in [4.78, 5) is 0. The van der Waals surface area contributed by atoms with Crippen LogP contribution >= 0.6 is 0 Å². The molecule has 0 radical (unpaired) electrons. The van der Waals surface area contributed by atoms with Crippen molar-refractivity contribution >= 4 is 0 Å². The van der Waals surface area contributed by atoms with Crippen molar-refractivity contribution in [1.82, 2.24) is 5.32 Å². The van der Waals surface area contributed by atoms with Crippen LogP contribution < -0.4 is 5.32 Å². The summed E-state index contributed by atoms with van der Waals surface area (Å²) < 4.78 is 0. The lowest BCUT2D eigenvalue weighted by Gasteiger charge is -2.16. The second kappa shape index (κ2) is 5.89. The Kier molecular flexibility index (Phi) is 4.79. The SMILES string of the molecule is CC[C@@H](CO)NCc1c(C)cccc1C. The van der Waals surface area contributed by atoms with Crippen molar-refractivity contribution in [2.24, 2.45) is 0 Å². The third-order valence-corrected chi connectivity index (χ3v) is 2.93. The van der Waals surface area contributed by atoms with Gasteiger partial charge in [0, 0.05) is 12.6 Å². The van der Waals surface area contributed by atoms with Gasteiger partial charge in [-0.3, -0.25) is 0 Å². The minimum absolute atomic E-state index is 0.210. The Morgan fingerprint density at radius 2 is 1.87 bits per heavy atom. The summed E-state index contributed by atoms with van der Waals surface area (Å²) in [6.07, 6.45) is 0.960. The largest absolute Gasteiger partial charge is 0.395 e. The van der Waals surface area contributed by atoms with Crippen LogP contribution in [-0.2, 0) is 6.54 Å². The number of rotatable bonds is 5. The van der Waals surface area contributed by atoms with E-state index in [1.165, 1.54) is 16.7 Å². The molecule has 1 aromatic carbocycles. The van der Waals surface area contributed by atoms with Crippen molar-refractivity contribution in [3.05, 3.63) is 34.9 Å². The van der Waals surface area contributed by atoms with Gasteiger partial charge in [0.15, 0.2) is 0 Å². The molecule has 1 atom stereocenters. The molecule has 0 aliphatic carbocycles. The molecule has 2 nitrogen and oxygen atoms in total. The highest BCUT2D eigenvalue weighted by Gasteiger charge is 2.06. The van der Waals surface area contributed by atoms with Crippen molar-refractivity contribution in [3.63, 3.8) is 0 Å². The van der Waals surface area contributed by atoms with Gasteiger partial charge < -0.3 is 10.4 Å². The average molecular weight is 207 g/mol. The molecule has 15 heavy (non-hydrogen) atoms. The molecule has 0 unspecified atom stereocenters. The van der Waals surface area contributed by atoms with Gasteiger partial charge in [0.1, 0.15) is 0 Å². The zero-order chi connectivity index (χ0) is 11.3. The number of benzene rings is 1. The molecule has 0 saturated heterocycles. The Labute approximate surface area is 92.3 Å². The fourth-order valence-corrected chi connectivity index (χ4v) is 1.71. The molecule has 0 bridgehead atoms.